The average Bonchev–Trinajstić information content (AvgIpc) is 3.26. The molecule has 8 heteroatoms. The molecule has 0 amide bonds. The molecule has 142 valence electrons. The van der Waals surface area contributed by atoms with Crippen LogP contribution in [0.1, 0.15) is 51.9 Å². The van der Waals surface area contributed by atoms with Gasteiger partial charge in [0.15, 0.2) is 10.3 Å². The quantitative estimate of drug-likeness (QED) is 0.699. The van der Waals surface area contributed by atoms with E-state index in [0.29, 0.717) is 18.1 Å². The number of hydrogen-bond acceptors (Lipinski definition) is 6. The van der Waals surface area contributed by atoms with Crippen LogP contribution >= 0.6 is 48.3 Å². The van der Waals surface area contributed by atoms with E-state index in [-0.39, 0.29) is 24.8 Å². The zero-order valence-electron chi connectivity index (χ0n) is 14.6. The smallest absolute Gasteiger partial charge is 0.168 e. The van der Waals surface area contributed by atoms with Crippen molar-refractivity contribution in [2.45, 2.75) is 70.0 Å². The number of nitrogens with one attached hydrogen (secondary N) is 1. The van der Waals surface area contributed by atoms with E-state index in [1.54, 1.807) is 0 Å². The van der Waals surface area contributed by atoms with Gasteiger partial charge < -0.3 is 10.2 Å². The molecule has 0 radical (unpaired) electrons. The maximum absolute atomic E-state index is 4.95. The van der Waals surface area contributed by atoms with Gasteiger partial charge in [-0.3, -0.25) is 9.98 Å². The number of thioether (sulfide) groups is 2. The third-order valence-corrected chi connectivity index (χ3v) is 7.03. The molecule has 0 aromatic carbocycles. The summed E-state index contributed by atoms with van der Waals surface area (Å²) in [5.41, 5.74) is 1.44. The molecule has 0 bridgehead atoms. The van der Waals surface area contributed by atoms with Gasteiger partial charge in [-0.15, -0.1) is 24.8 Å². The van der Waals surface area contributed by atoms with Crippen LogP contribution in [0.5, 0.6) is 0 Å². The Labute approximate surface area is 172 Å². The van der Waals surface area contributed by atoms with Crippen molar-refractivity contribution in [3.8, 4) is 0 Å². The highest BCUT2D eigenvalue weighted by Crippen LogP contribution is 2.41. The van der Waals surface area contributed by atoms with E-state index in [4.69, 9.17) is 4.99 Å². The van der Waals surface area contributed by atoms with Crippen LogP contribution in [0.15, 0.2) is 21.1 Å². The molecule has 4 aliphatic rings. The van der Waals surface area contributed by atoms with Gasteiger partial charge >= 0.3 is 0 Å². The molecular formula is C17H28Cl2N4S2. The van der Waals surface area contributed by atoms with E-state index in [0.717, 1.165) is 17.5 Å². The minimum Gasteiger partial charge on any atom is -0.360 e. The first-order valence-corrected chi connectivity index (χ1v) is 10.9. The molecule has 1 N–H and O–H groups in total. The first-order chi connectivity index (χ1) is 11.3. The molecule has 4 rings (SSSR count). The van der Waals surface area contributed by atoms with Gasteiger partial charge in [-0.25, -0.2) is 0 Å². The highest BCUT2D eigenvalue weighted by Gasteiger charge is 2.41. The molecule has 0 aromatic rings. The second-order valence-electron chi connectivity index (χ2n) is 6.85. The van der Waals surface area contributed by atoms with E-state index in [1.807, 2.05) is 23.5 Å². The summed E-state index contributed by atoms with van der Waals surface area (Å²) in [4.78, 5) is 12.2. The summed E-state index contributed by atoms with van der Waals surface area (Å²) in [6, 6.07) is 1.76. The Morgan fingerprint density at radius 2 is 2.16 bits per heavy atom. The molecule has 1 fully saturated rings. The summed E-state index contributed by atoms with van der Waals surface area (Å²) < 4.78 is 0. The predicted molar refractivity (Wildman–Crippen MR) is 117 cm³/mol. The van der Waals surface area contributed by atoms with Gasteiger partial charge in [-0.2, -0.15) is 0 Å². The molecule has 3 aliphatic heterocycles. The van der Waals surface area contributed by atoms with Crippen LogP contribution in [0.25, 0.3) is 0 Å². The molecule has 0 spiro atoms. The van der Waals surface area contributed by atoms with Crippen molar-refractivity contribution in [2.75, 3.05) is 12.3 Å². The first kappa shape index (κ1) is 21.3. The Hall–Kier alpha value is -0.0400. The molecule has 1 unspecified atom stereocenters. The monoisotopic (exact) mass is 422 g/mol. The lowest BCUT2D eigenvalue weighted by Gasteiger charge is -2.31. The van der Waals surface area contributed by atoms with Crippen molar-refractivity contribution in [2.24, 2.45) is 9.98 Å². The molecule has 1 saturated carbocycles. The summed E-state index contributed by atoms with van der Waals surface area (Å²) in [5, 5.41) is 8.29. The largest absolute Gasteiger partial charge is 0.360 e. The summed E-state index contributed by atoms with van der Waals surface area (Å²) in [7, 11) is 0. The van der Waals surface area contributed by atoms with E-state index < -0.39 is 0 Å². The summed E-state index contributed by atoms with van der Waals surface area (Å²) in [6.45, 7) is 3.21. The minimum absolute atomic E-state index is 0. The number of nitrogens with zero attached hydrogens (tertiary/aromatic N) is 3. The van der Waals surface area contributed by atoms with Crippen LogP contribution in [0.3, 0.4) is 0 Å². The second-order valence-corrected chi connectivity index (χ2v) is 8.65. The lowest BCUT2D eigenvalue weighted by molar-refractivity contribution is 0.285. The van der Waals surface area contributed by atoms with Crippen LogP contribution in [-0.4, -0.2) is 45.7 Å². The number of fused-ring (bicyclic) bond motifs is 3. The van der Waals surface area contributed by atoms with Gasteiger partial charge in [0.2, 0.25) is 0 Å². The number of aliphatic imine (C=N–C) groups is 2. The number of amidine groups is 2. The van der Waals surface area contributed by atoms with Crippen molar-refractivity contribution in [1.82, 2.24) is 10.2 Å². The van der Waals surface area contributed by atoms with Gasteiger partial charge in [-0.1, -0.05) is 56.1 Å². The van der Waals surface area contributed by atoms with Crippen LogP contribution < -0.4 is 5.32 Å². The standard InChI is InChI=1S/C17H26N4S2.2ClH/c1-2-3-6-12-9-18-16(19-12)22-10-13-11-23-17-20-14-7-4-5-8-15(14)21(13)17;;/h11-12,14-15H,2-10H2,1H3,(H,18,19);2*1H/t12?,14-,15-;;/m1../s1. The Morgan fingerprint density at radius 3 is 3.00 bits per heavy atom. The lowest BCUT2D eigenvalue weighted by Crippen LogP contribution is -2.39. The third kappa shape index (κ3) is 4.63. The Balaban J connectivity index is 0.00000113. The van der Waals surface area contributed by atoms with E-state index in [9.17, 15) is 0 Å². The normalized spacial score (nSPS) is 29.6. The van der Waals surface area contributed by atoms with E-state index >= 15 is 0 Å². The molecule has 3 atom stereocenters. The third-order valence-electron chi connectivity index (χ3n) is 5.16. The zero-order valence-corrected chi connectivity index (χ0v) is 17.9. The van der Waals surface area contributed by atoms with Crippen molar-refractivity contribution in [1.29, 1.82) is 0 Å². The molecule has 3 heterocycles. The van der Waals surface area contributed by atoms with E-state index in [2.05, 4.69) is 27.5 Å². The van der Waals surface area contributed by atoms with Crippen molar-refractivity contribution >= 4 is 58.7 Å². The Morgan fingerprint density at radius 1 is 1.32 bits per heavy atom. The van der Waals surface area contributed by atoms with Crippen LogP contribution in [-0.2, 0) is 0 Å². The maximum Gasteiger partial charge on any atom is 0.168 e. The van der Waals surface area contributed by atoms with Gasteiger partial charge in [-0.05, 0) is 24.7 Å². The fourth-order valence-electron chi connectivity index (χ4n) is 3.90. The zero-order chi connectivity index (χ0) is 15.6. The fraction of sp³-hybridized carbons (Fsp3) is 0.765. The van der Waals surface area contributed by atoms with Crippen molar-refractivity contribution in [3.05, 3.63) is 11.1 Å². The predicted octanol–water partition coefficient (Wildman–Crippen LogP) is 4.65. The van der Waals surface area contributed by atoms with Gasteiger partial charge in [0.05, 0.1) is 18.6 Å². The Kier molecular flexibility index (Phi) is 8.31. The molecule has 0 saturated heterocycles. The number of unbranched alkanes of at least 4 members (excludes halogenated alkanes) is 1. The first-order valence-electron chi connectivity index (χ1n) is 9.01. The van der Waals surface area contributed by atoms with Crippen molar-refractivity contribution < 1.29 is 0 Å². The molecule has 0 aromatic heterocycles. The van der Waals surface area contributed by atoms with Crippen LogP contribution in [0.2, 0.25) is 0 Å². The van der Waals surface area contributed by atoms with Crippen LogP contribution in [0, 0.1) is 0 Å². The average molecular weight is 423 g/mol. The number of halogens is 2. The molecule has 25 heavy (non-hydrogen) atoms. The minimum atomic E-state index is 0. The SMILES string of the molecule is CCCCC1CN=C(SCC2=CSC3=N[C@@H]4CCCC[C@H]4N23)N1.Cl.Cl. The molecular weight excluding hydrogens is 395 g/mol. The van der Waals surface area contributed by atoms with Gasteiger partial charge in [0, 0.05) is 17.5 Å². The van der Waals surface area contributed by atoms with Crippen molar-refractivity contribution in [3.63, 3.8) is 0 Å². The lowest BCUT2D eigenvalue weighted by atomic mass is 9.91. The highest BCUT2D eigenvalue weighted by molar-refractivity contribution is 8.17. The maximum atomic E-state index is 4.95. The topological polar surface area (TPSA) is 40.0 Å². The van der Waals surface area contributed by atoms with Gasteiger partial charge in [0.1, 0.15) is 0 Å². The summed E-state index contributed by atoms with van der Waals surface area (Å²) in [6.07, 6.45) is 9.10. The summed E-state index contributed by atoms with van der Waals surface area (Å²) in [5.74, 6) is 1.02. The summed E-state index contributed by atoms with van der Waals surface area (Å²) >= 11 is 3.69. The second kappa shape index (κ2) is 9.77. The fourth-order valence-corrected chi connectivity index (χ4v) is 5.93. The van der Waals surface area contributed by atoms with E-state index in [1.165, 1.54) is 55.8 Å². The number of hydrogen-bond donors (Lipinski definition) is 1. The molecule has 1 aliphatic carbocycles. The Bertz CT molecular complexity index is 553. The van der Waals surface area contributed by atoms with Crippen LogP contribution in [0.4, 0.5) is 0 Å². The van der Waals surface area contributed by atoms with Gasteiger partial charge in [0.25, 0.3) is 0 Å². The highest BCUT2D eigenvalue weighted by atomic mass is 35.5. The number of rotatable bonds is 5. The molecule has 4 nitrogen and oxygen atoms in total.